The summed E-state index contributed by atoms with van der Waals surface area (Å²) in [6.45, 7) is 2.24. The van der Waals surface area contributed by atoms with Crippen molar-refractivity contribution in [3.8, 4) is 0 Å². The van der Waals surface area contributed by atoms with Crippen LogP contribution in [0.1, 0.15) is 74.2 Å². The van der Waals surface area contributed by atoms with Crippen molar-refractivity contribution in [1.29, 1.82) is 0 Å². The smallest absolute Gasteiger partial charge is 0.305 e. The number of esters is 1. The molecule has 3 rings (SSSR count). The number of allylic oxidation sites excluding steroid dienone is 2. The van der Waals surface area contributed by atoms with Crippen LogP contribution >= 0.6 is 11.6 Å². The number of aryl methyl sites for hydroxylation is 1. The molecule has 2 N–H and O–H groups in total. The van der Waals surface area contributed by atoms with Gasteiger partial charge < -0.3 is 14.9 Å². The van der Waals surface area contributed by atoms with E-state index in [0.717, 1.165) is 43.2 Å². The van der Waals surface area contributed by atoms with E-state index in [-0.39, 0.29) is 29.3 Å². The van der Waals surface area contributed by atoms with Gasteiger partial charge >= 0.3 is 5.97 Å². The van der Waals surface area contributed by atoms with Crippen molar-refractivity contribution < 1.29 is 19.7 Å². The summed E-state index contributed by atoms with van der Waals surface area (Å²) in [5.41, 5.74) is 3.35. The molecule has 5 heteroatoms. The molecule has 0 heterocycles. The summed E-state index contributed by atoms with van der Waals surface area (Å²) >= 11 is 6.58. The van der Waals surface area contributed by atoms with Crippen molar-refractivity contribution in [2.75, 3.05) is 6.61 Å². The van der Waals surface area contributed by atoms with Crippen LogP contribution < -0.4 is 0 Å². The highest BCUT2D eigenvalue weighted by Crippen LogP contribution is 2.46. The fourth-order valence-corrected chi connectivity index (χ4v) is 5.06. The normalized spacial score (nSPS) is 29.4. The van der Waals surface area contributed by atoms with Gasteiger partial charge in [-0.2, -0.15) is 0 Å². The number of hydrogen-bond acceptors (Lipinski definition) is 4. The Labute approximate surface area is 172 Å². The third-order valence-electron chi connectivity index (χ3n) is 6.04. The van der Waals surface area contributed by atoms with Gasteiger partial charge in [0.05, 0.1) is 18.8 Å². The van der Waals surface area contributed by atoms with Crippen LogP contribution in [-0.4, -0.2) is 34.3 Å². The van der Waals surface area contributed by atoms with Crippen molar-refractivity contribution in [2.45, 2.75) is 75.4 Å². The molecule has 1 fully saturated rings. The summed E-state index contributed by atoms with van der Waals surface area (Å²) in [5, 5.41) is 20.6. The molecule has 0 aliphatic heterocycles. The first-order valence-corrected chi connectivity index (χ1v) is 10.9. The molecule has 1 aromatic carbocycles. The quantitative estimate of drug-likeness (QED) is 0.290. The lowest BCUT2D eigenvalue weighted by molar-refractivity contribution is -0.143. The van der Waals surface area contributed by atoms with Gasteiger partial charge in [-0.1, -0.05) is 30.4 Å². The molecule has 1 saturated carbocycles. The zero-order chi connectivity index (χ0) is 20.1. The highest BCUT2D eigenvalue weighted by atomic mass is 35.5. The van der Waals surface area contributed by atoms with Crippen LogP contribution in [0.5, 0.6) is 0 Å². The van der Waals surface area contributed by atoms with E-state index in [4.69, 9.17) is 16.3 Å². The maximum Gasteiger partial charge on any atom is 0.305 e. The topological polar surface area (TPSA) is 66.8 Å². The van der Waals surface area contributed by atoms with E-state index in [9.17, 15) is 15.0 Å². The number of halogens is 1. The zero-order valence-electron chi connectivity index (χ0n) is 16.5. The number of aliphatic hydroxyl groups excluding tert-OH is 2. The van der Waals surface area contributed by atoms with Crippen molar-refractivity contribution >= 4 is 17.6 Å². The number of hydrogen-bond donors (Lipinski definition) is 2. The van der Waals surface area contributed by atoms with Gasteiger partial charge in [0.15, 0.2) is 0 Å². The lowest BCUT2D eigenvalue weighted by atomic mass is 9.84. The number of fused-ring (bicyclic) bond motifs is 1. The Bertz CT molecular complexity index is 702. The van der Waals surface area contributed by atoms with E-state index in [1.54, 1.807) is 0 Å². The number of ether oxygens (including phenoxy) is 1. The molecule has 2 aliphatic carbocycles. The molecule has 0 amide bonds. The second-order valence-electron chi connectivity index (χ2n) is 7.93. The molecule has 2 aliphatic rings. The number of alkyl halides is 1. The first-order valence-electron chi connectivity index (χ1n) is 10.4. The van der Waals surface area contributed by atoms with Crippen LogP contribution in [-0.2, 0) is 16.0 Å². The van der Waals surface area contributed by atoms with Crippen molar-refractivity contribution in [3.63, 3.8) is 0 Å². The Morgan fingerprint density at radius 3 is 2.93 bits per heavy atom. The van der Waals surface area contributed by atoms with Crippen LogP contribution in [0.25, 0.3) is 0 Å². The van der Waals surface area contributed by atoms with Gasteiger partial charge in [-0.05, 0) is 68.1 Å². The molecule has 5 atom stereocenters. The Morgan fingerprint density at radius 2 is 2.14 bits per heavy atom. The molecule has 0 bridgehead atoms. The van der Waals surface area contributed by atoms with Gasteiger partial charge in [0.1, 0.15) is 0 Å². The lowest BCUT2D eigenvalue weighted by Gasteiger charge is -2.23. The number of carbonyl (C=O) groups is 1. The Morgan fingerprint density at radius 1 is 1.32 bits per heavy atom. The molecule has 154 valence electrons. The second kappa shape index (κ2) is 9.91. The second-order valence-corrected chi connectivity index (χ2v) is 8.49. The third-order valence-corrected chi connectivity index (χ3v) is 6.54. The first-order chi connectivity index (χ1) is 13.5. The van der Waals surface area contributed by atoms with Crippen LogP contribution in [0.4, 0.5) is 0 Å². The van der Waals surface area contributed by atoms with E-state index in [2.05, 4.69) is 18.2 Å². The number of rotatable bonds is 8. The monoisotopic (exact) mass is 406 g/mol. The first kappa shape index (κ1) is 21.4. The summed E-state index contributed by atoms with van der Waals surface area (Å²) in [6, 6.07) is 6.22. The summed E-state index contributed by atoms with van der Waals surface area (Å²) in [4.78, 5) is 11.4. The van der Waals surface area contributed by atoms with E-state index in [0.29, 0.717) is 19.4 Å². The van der Waals surface area contributed by atoms with E-state index in [1.807, 2.05) is 19.1 Å². The molecule has 0 spiro atoms. The van der Waals surface area contributed by atoms with Crippen molar-refractivity contribution in [1.82, 2.24) is 0 Å². The fraction of sp³-hybridized carbons (Fsp3) is 0.609. The Balaban J connectivity index is 1.59. The minimum Gasteiger partial charge on any atom is -0.466 e. The fourth-order valence-electron chi connectivity index (χ4n) is 4.62. The van der Waals surface area contributed by atoms with Crippen molar-refractivity contribution in [3.05, 3.63) is 47.0 Å². The van der Waals surface area contributed by atoms with Crippen molar-refractivity contribution in [2.24, 2.45) is 5.92 Å². The Hall–Kier alpha value is -1.36. The van der Waals surface area contributed by atoms with Crippen LogP contribution in [0, 0.1) is 5.92 Å². The SMILES string of the molecule is CCOC(=O)CCCC=CC[C@H]1C(Cl)C[C@@H](O)[C@@H]1c1ccc2c(c1)CCC2O. The van der Waals surface area contributed by atoms with E-state index >= 15 is 0 Å². The molecule has 0 aromatic heterocycles. The van der Waals surface area contributed by atoms with E-state index < -0.39 is 6.10 Å². The number of unbranched alkanes of at least 4 members (excludes halogenated alkanes) is 1. The molecule has 1 aromatic rings. The van der Waals surface area contributed by atoms with Gasteiger partial charge in [0.2, 0.25) is 0 Å². The standard InChI is InChI=1S/C23H31ClO4/c1-2-28-22(27)8-6-4-3-5-7-18-19(24)14-21(26)23(18)16-9-11-17-15(13-16)10-12-20(17)25/h3,5,9,11,13,18-21,23,25-26H,2,4,6-8,10,12,14H2,1H3/t18-,19?,20?,21+,23+/m0/s1. The average molecular weight is 407 g/mol. The predicted molar refractivity (Wildman–Crippen MR) is 110 cm³/mol. The average Bonchev–Trinajstić information content (AvgIpc) is 3.17. The summed E-state index contributed by atoms with van der Waals surface area (Å²) in [7, 11) is 0. The van der Waals surface area contributed by atoms with Crippen LogP contribution in [0.3, 0.4) is 0 Å². The van der Waals surface area contributed by atoms with Crippen LogP contribution in [0.2, 0.25) is 0 Å². The zero-order valence-corrected chi connectivity index (χ0v) is 17.3. The summed E-state index contributed by atoms with van der Waals surface area (Å²) in [6.07, 6.45) is 8.60. The predicted octanol–water partition coefficient (Wildman–Crippen LogP) is 4.42. The lowest BCUT2D eigenvalue weighted by Crippen LogP contribution is -2.18. The third kappa shape index (κ3) is 4.97. The maximum absolute atomic E-state index is 11.4. The number of carbonyl (C=O) groups excluding carboxylic acids is 1. The van der Waals surface area contributed by atoms with E-state index in [1.165, 1.54) is 5.56 Å². The molecule has 2 unspecified atom stereocenters. The van der Waals surface area contributed by atoms with Gasteiger partial charge in [-0.25, -0.2) is 0 Å². The largest absolute Gasteiger partial charge is 0.466 e. The summed E-state index contributed by atoms with van der Waals surface area (Å²) in [5.74, 6) is 0.0644. The van der Waals surface area contributed by atoms with Gasteiger partial charge in [-0.3, -0.25) is 4.79 Å². The molecule has 4 nitrogen and oxygen atoms in total. The van der Waals surface area contributed by atoms with Crippen LogP contribution in [0.15, 0.2) is 30.4 Å². The minimum atomic E-state index is -0.436. The summed E-state index contributed by atoms with van der Waals surface area (Å²) < 4.78 is 4.93. The molecular formula is C23H31ClO4. The Kier molecular flexibility index (Phi) is 7.55. The van der Waals surface area contributed by atoms with Gasteiger partial charge in [0, 0.05) is 17.7 Å². The van der Waals surface area contributed by atoms with Gasteiger partial charge in [0.25, 0.3) is 0 Å². The molecule has 0 saturated heterocycles. The minimum absolute atomic E-state index is 0.0229. The number of benzene rings is 1. The molecular weight excluding hydrogens is 376 g/mol. The molecule has 28 heavy (non-hydrogen) atoms. The highest BCUT2D eigenvalue weighted by molar-refractivity contribution is 6.21. The molecule has 0 radical (unpaired) electrons. The number of aliphatic hydroxyl groups is 2. The maximum atomic E-state index is 11.4. The highest BCUT2D eigenvalue weighted by Gasteiger charge is 2.42. The van der Waals surface area contributed by atoms with Gasteiger partial charge in [-0.15, -0.1) is 11.6 Å².